The van der Waals surface area contributed by atoms with Crippen LogP contribution in [0.1, 0.15) is 27.7 Å². The topological polar surface area (TPSA) is 49.6 Å². The molecular formula is C13H27N3O. The minimum Gasteiger partial charge on any atom is -0.340 e. The van der Waals surface area contributed by atoms with Gasteiger partial charge in [-0.15, -0.1) is 0 Å². The lowest BCUT2D eigenvalue weighted by Crippen LogP contribution is -2.49. The molecule has 0 bridgehead atoms. The van der Waals surface area contributed by atoms with Gasteiger partial charge >= 0.3 is 0 Å². The summed E-state index contributed by atoms with van der Waals surface area (Å²) < 4.78 is 0. The van der Waals surface area contributed by atoms with E-state index in [9.17, 15) is 4.79 Å². The highest BCUT2D eigenvalue weighted by Gasteiger charge is 2.37. The zero-order chi connectivity index (χ0) is 13.2. The molecule has 1 atom stereocenters. The van der Waals surface area contributed by atoms with Gasteiger partial charge in [0.25, 0.3) is 0 Å². The number of rotatable bonds is 3. The maximum atomic E-state index is 12.4. The smallest absolute Gasteiger partial charge is 0.241 e. The van der Waals surface area contributed by atoms with Gasteiger partial charge in [0, 0.05) is 26.2 Å². The van der Waals surface area contributed by atoms with Crippen LogP contribution in [0.3, 0.4) is 0 Å². The summed E-state index contributed by atoms with van der Waals surface area (Å²) in [6.45, 7) is 11.7. The van der Waals surface area contributed by atoms with Crippen molar-refractivity contribution in [2.45, 2.75) is 33.7 Å². The Morgan fingerprint density at radius 1 is 1.41 bits per heavy atom. The van der Waals surface area contributed by atoms with Gasteiger partial charge in [-0.25, -0.2) is 0 Å². The third kappa shape index (κ3) is 3.68. The summed E-state index contributed by atoms with van der Waals surface area (Å²) in [6.07, 6.45) is 0. The van der Waals surface area contributed by atoms with Gasteiger partial charge in [0.2, 0.25) is 5.91 Å². The minimum absolute atomic E-state index is 0.128. The fourth-order valence-corrected chi connectivity index (χ4v) is 2.71. The molecule has 1 unspecified atom stereocenters. The number of hydrogen-bond donors (Lipinski definition) is 1. The van der Waals surface area contributed by atoms with Crippen molar-refractivity contribution in [3.63, 3.8) is 0 Å². The van der Waals surface area contributed by atoms with E-state index in [2.05, 4.69) is 32.6 Å². The monoisotopic (exact) mass is 241 g/mol. The second-order valence-electron chi connectivity index (χ2n) is 6.44. The number of likely N-dealkylation sites (N-methyl/N-ethyl adjacent to an activating group) is 1. The van der Waals surface area contributed by atoms with Crippen molar-refractivity contribution in [1.82, 2.24) is 9.80 Å². The molecule has 1 aliphatic rings. The average Bonchev–Trinajstić information content (AvgIpc) is 2.21. The molecule has 1 amide bonds. The van der Waals surface area contributed by atoms with Crippen molar-refractivity contribution in [3.05, 3.63) is 0 Å². The predicted octanol–water partition coefficient (Wildman–Crippen LogP) is 0.770. The first-order valence-corrected chi connectivity index (χ1v) is 6.46. The summed E-state index contributed by atoms with van der Waals surface area (Å²) >= 11 is 0. The molecule has 2 N–H and O–H groups in total. The largest absolute Gasteiger partial charge is 0.340 e. The Morgan fingerprint density at radius 2 is 2.00 bits per heavy atom. The van der Waals surface area contributed by atoms with Crippen molar-refractivity contribution < 1.29 is 4.79 Å². The molecule has 0 aromatic heterocycles. The summed E-state index contributed by atoms with van der Waals surface area (Å²) in [7, 11) is 2.00. The van der Waals surface area contributed by atoms with Crippen LogP contribution < -0.4 is 5.73 Å². The first-order chi connectivity index (χ1) is 7.76. The van der Waals surface area contributed by atoms with Crippen LogP contribution in [-0.4, -0.2) is 55.0 Å². The van der Waals surface area contributed by atoms with E-state index < -0.39 is 0 Å². The molecule has 0 aromatic rings. The number of hydrogen-bond acceptors (Lipinski definition) is 3. The van der Waals surface area contributed by atoms with E-state index in [-0.39, 0.29) is 17.4 Å². The fraction of sp³-hybridized carbons (Fsp3) is 0.923. The lowest BCUT2D eigenvalue weighted by molar-refractivity contribution is -0.135. The Hall–Kier alpha value is -0.610. The Kier molecular flexibility index (Phi) is 4.55. The van der Waals surface area contributed by atoms with Crippen LogP contribution in [0.4, 0.5) is 0 Å². The highest BCUT2D eigenvalue weighted by Crippen LogP contribution is 2.24. The maximum absolute atomic E-state index is 12.4. The molecule has 4 nitrogen and oxygen atoms in total. The van der Waals surface area contributed by atoms with Gasteiger partial charge in [0.05, 0.1) is 0 Å². The Balaban J connectivity index is 2.91. The molecule has 1 rings (SSSR count). The van der Waals surface area contributed by atoms with Gasteiger partial charge in [0.15, 0.2) is 0 Å². The summed E-state index contributed by atoms with van der Waals surface area (Å²) in [5.74, 6) is 0.686. The quantitative estimate of drug-likeness (QED) is 0.794. The van der Waals surface area contributed by atoms with E-state index in [0.717, 1.165) is 19.6 Å². The van der Waals surface area contributed by atoms with E-state index in [1.54, 1.807) is 0 Å². The second kappa shape index (κ2) is 5.36. The highest BCUT2D eigenvalue weighted by atomic mass is 16.2. The lowest BCUT2D eigenvalue weighted by atomic mass is 9.92. The van der Waals surface area contributed by atoms with Gasteiger partial charge < -0.3 is 10.6 Å². The molecule has 0 aliphatic carbocycles. The second-order valence-corrected chi connectivity index (χ2v) is 6.44. The Labute approximate surface area is 105 Å². The van der Waals surface area contributed by atoms with Crippen molar-refractivity contribution in [1.29, 1.82) is 0 Å². The average molecular weight is 241 g/mol. The molecule has 1 fully saturated rings. The van der Waals surface area contributed by atoms with Crippen molar-refractivity contribution in [3.8, 4) is 0 Å². The molecule has 1 saturated heterocycles. The molecule has 0 spiro atoms. The van der Waals surface area contributed by atoms with Crippen molar-refractivity contribution >= 4 is 5.91 Å². The molecule has 4 heteroatoms. The maximum Gasteiger partial charge on any atom is 0.241 e. The van der Waals surface area contributed by atoms with Crippen LogP contribution in [0.15, 0.2) is 0 Å². The summed E-state index contributed by atoms with van der Waals surface area (Å²) in [5, 5.41) is 0. The summed E-state index contributed by atoms with van der Waals surface area (Å²) in [5.41, 5.74) is 5.87. The van der Waals surface area contributed by atoms with E-state index in [4.69, 9.17) is 5.73 Å². The minimum atomic E-state index is -0.157. The van der Waals surface area contributed by atoms with Crippen LogP contribution in [0.2, 0.25) is 0 Å². The zero-order valence-corrected chi connectivity index (χ0v) is 11.9. The zero-order valence-electron chi connectivity index (χ0n) is 11.9. The van der Waals surface area contributed by atoms with Gasteiger partial charge in [-0.1, -0.05) is 27.7 Å². The third-order valence-electron chi connectivity index (χ3n) is 3.23. The standard InChI is InChI=1S/C13H27N3O/c1-10(2)7-16-9-13(3,4)8-15(5)11(6-14)12(16)17/h10-11H,6-9,14H2,1-5H3. The van der Waals surface area contributed by atoms with Crippen molar-refractivity contribution in [2.24, 2.45) is 17.1 Å². The van der Waals surface area contributed by atoms with Gasteiger partial charge in [0.1, 0.15) is 6.04 Å². The molecule has 17 heavy (non-hydrogen) atoms. The molecule has 0 radical (unpaired) electrons. The third-order valence-corrected chi connectivity index (χ3v) is 3.23. The number of carbonyl (C=O) groups excluding carboxylic acids is 1. The normalized spacial score (nSPS) is 26.4. The molecule has 100 valence electrons. The summed E-state index contributed by atoms with van der Waals surface area (Å²) in [6, 6.07) is -0.157. The van der Waals surface area contributed by atoms with Gasteiger partial charge in [-0.05, 0) is 18.4 Å². The number of nitrogens with zero attached hydrogens (tertiary/aromatic N) is 2. The van der Waals surface area contributed by atoms with Crippen molar-refractivity contribution in [2.75, 3.05) is 33.2 Å². The van der Waals surface area contributed by atoms with Gasteiger partial charge in [-0.2, -0.15) is 0 Å². The van der Waals surface area contributed by atoms with Gasteiger partial charge in [-0.3, -0.25) is 9.69 Å². The first kappa shape index (κ1) is 14.5. The van der Waals surface area contributed by atoms with E-state index in [1.807, 2.05) is 11.9 Å². The lowest BCUT2D eigenvalue weighted by Gasteiger charge is -2.30. The van der Waals surface area contributed by atoms with E-state index in [0.29, 0.717) is 12.5 Å². The Bertz CT molecular complexity index is 276. The van der Waals surface area contributed by atoms with Crippen LogP contribution >= 0.6 is 0 Å². The molecule has 1 heterocycles. The van der Waals surface area contributed by atoms with Crippen LogP contribution in [0.25, 0.3) is 0 Å². The SMILES string of the molecule is CC(C)CN1CC(C)(C)CN(C)C(CN)C1=O. The van der Waals surface area contributed by atoms with Crippen LogP contribution in [-0.2, 0) is 4.79 Å². The molecule has 0 aromatic carbocycles. The molecule has 1 aliphatic heterocycles. The van der Waals surface area contributed by atoms with Crippen LogP contribution in [0.5, 0.6) is 0 Å². The van der Waals surface area contributed by atoms with E-state index >= 15 is 0 Å². The Morgan fingerprint density at radius 3 is 2.47 bits per heavy atom. The number of nitrogens with two attached hydrogens (primary N) is 1. The predicted molar refractivity (Wildman–Crippen MR) is 70.7 cm³/mol. The summed E-state index contributed by atoms with van der Waals surface area (Å²) in [4.78, 5) is 16.5. The fourth-order valence-electron chi connectivity index (χ4n) is 2.71. The first-order valence-electron chi connectivity index (χ1n) is 6.46. The van der Waals surface area contributed by atoms with Crippen LogP contribution in [0, 0.1) is 11.3 Å². The highest BCUT2D eigenvalue weighted by molar-refractivity contribution is 5.82. The number of amides is 1. The number of carbonyl (C=O) groups is 1. The molecule has 0 saturated carbocycles. The van der Waals surface area contributed by atoms with E-state index in [1.165, 1.54) is 0 Å². The molecular weight excluding hydrogens is 214 g/mol.